The van der Waals surface area contributed by atoms with Crippen molar-refractivity contribution in [3.63, 3.8) is 0 Å². The zero-order valence-electron chi connectivity index (χ0n) is 12.1. The Balaban J connectivity index is 1.98. The number of aromatic nitrogens is 2. The first-order valence-corrected chi connectivity index (χ1v) is 7.11. The van der Waals surface area contributed by atoms with Crippen LogP contribution in [0.4, 0.5) is 0 Å². The van der Waals surface area contributed by atoms with Crippen LogP contribution in [0.3, 0.4) is 0 Å². The van der Waals surface area contributed by atoms with Crippen LogP contribution in [0.1, 0.15) is 26.1 Å². The molecule has 1 N–H and O–H groups in total. The average Bonchev–Trinajstić information content (AvgIpc) is 2.81. The highest BCUT2D eigenvalue weighted by atomic mass is 16.1. The third kappa shape index (κ3) is 3.26. The quantitative estimate of drug-likeness (QED) is 0.648. The van der Waals surface area contributed by atoms with E-state index in [-0.39, 0.29) is 5.91 Å². The molecular weight excluding hydrogens is 250 g/mol. The van der Waals surface area contributed by atoms with Crippen molar-refractivity contribution in [1.82, 2.24) is 14.9 Å². The van der Waals surface area contributed by atoms with Gasteiger partial charge < -0.3 is 9.88 Å². The van der Waals surface area contributed by atoms with Crippen molar-refractivity contribution in [3.05, 3.63) is 42.2 Å². The molecule has 4 nitrogen and oxygen atoms in total. The maximum atomic E-state index is 11.3. The fraction of sp³-hybridized carbons (Fsp3) is 0.375. The summed E-state index contributed by atoms with van der Waals surface area (Å²) < 4.78 is 2.24. The minimum absolute atomic E-state index is 0.0310. The van der Waals surface area contributed by atoms with Crippen molar-refractivity contribution >= 4 is 16.9 Å². The molecule has 4 heteroatoms. The number of nitrogens with one attached hydrogen (secondary N) is 1. The van der Waals surface area contributed by atoms with Crippen LogP contribution in [0, 0.1) is 0 Å². The molecule has 1 heterocycles. The highest BCUT2D eigenvalue weighted by molar-refractivity contribution is 5.87. The first-order valence-electron chi connectivity index (χ1n) is 7.11. The second kappa shape index (κ2) is 6.89. The van der Waals surface area contributed by atoms with Crippen molar-refractivity contribution in [1.29, 1.82) is 0 Å². The second-order valence-corrected chi connectivity index (χ2v) is 4.66. The molecule has 0 atom stereocenters. The zero-order valence-corrected chi connectivity index (χ0v) is 12.1. The lowest BCUT2D eigenvalue weighted by molar-refractivity contribution is -0.116. The van der Waals surface area contributed by atoms with Crippen LogP contribution in [0.25, 0.3) is 11.0 Å². The van der Waals surface area contributed by atoms with Gasteiger partial charge in [-0.05, 0) is 38.5 Å². The molecule has 0 saturated carbocycles. The van der Waals surface area contributed by atoms with Crippen molar-refractivity contribution < 1.29 is 4.79 Å². The number of carbonyl (C=O) groups excluding carboxylic acids is 1. The van der Waals surface area contributed by atoms with Gasteiger partial charge in [0.25, 0.3) is 0 Å². The molecule has 2 rings (SSSR count). The fourth-order valence-electron chi connectivity index (χ4n) is 2.34. The SMILES string of the molecule is C/C=C\C(=O)NCCCc1nc2ccccc2n1CC. The van der Waals surface area contributed by atoms with Gasteiger partial charge in [-0.25, -0.2) is 4.98 Å². The number of fused-ring (bicyclic) bond motifs is 1. The van der Waals surface area contributed by atoms with E-state index in [0.29, 0.717) is 6.54 Å². The van der Waals surface area contributed by atoms with Gasteiger partial charge in [-0.1, -0.05) is 18.2 Å². The number of amides is 1. The van der Waals surface area contributed by atoms with Crippen LogP contribution < -0.4 is 5.32 Å². The van der Waals surface area contributed by atoms with E-state index in [1.54, 1.807) is 12.2 Å². The van der Waals surface area contributed by atoms with Gasteiger partial charge in [0.05, 0.1) is 11.0 Å². The number of nitrogens with zero attached hydrogens (tertiary/aromatic N) is 2. The summed E-state index contributed by atoms with van der Waals surface area (Å²) in [5.41, 5.74) is 2.23. The molecule has 0 aliphatic rings. The van der Waals surface area contributed by atoms with Crippen molar-refractivity contribution in [2.24, 2.45) is 0 Å². The summed E-state index contributed by atoms with van der Waals surface area (Å²) in [6.45, 7) is 5.56. The zero-order chi connectivity index (χ0) is 14.4. The summed E-state index contributed by atoms with van der Waals surface area (Å²) in [6.07, 6.45) is 5.05. The molecule has 0 aliphatic carbocycles. The van der Waals surface area contributed by atoms with Crippen molar-refractivity contribution in [2.75, 3.05) is 6.54 Å². The summed E-state index contributed by atoms with van der Waals surface area (Å²) in [5.74, 6) is 1.06. The highest BCUT2D eigenvalue weighted by Crippen LogP contribution is 2.16. The maximum absolute atomic E-state index is 11.3. The molecule has 0 unspecified atom stereocenters. The lowest BCUT2D eigenvalue weighted by Gasteiger charge is -2.06. The lowest BCUT2D eigenvalue weighted by Crippen LogP contribution is -2.22. The van der Waals surface area contributed by atoms with Crippen molar-refractivity contribution in [2.45, 2.75) is 33.2 Å². The van der Waals surface area contributed by atoms with Crippen LogP contribution in [0.15, 0.2) is 36.4 Å². The number of imidazole rings is 1. The number of aryl methyl sites for hydroxylation is 2. The Bertz CT molecular complexity index is 613. The van der Waals surface area contributed by atoms with E-state index >= 15 is 0 Å². The molecule has 2 aromatic rings. The molecule has 106 valence electrons. The van der Waals surface area contributed by atoms with Crippen LogP contribution in [-0.2, 0) is 17.8 Å². The topological polar surface area (TPSA) is 46.9 Å². The average molecular weight is 271 g/mol. The summed E-state index contributed by atoms with van der Waals surface area (Å²) in [6, 6.07) is 8.19. The lowest BCUT2D eigenvalue weighted by atomic mass is 10.3. The van der Waals surface area contributed by atoms with E-state index in [2.05, 4.69) is 27.9 Å². The molecule has 0 fully saturated rings. The molecule has 1 aromatic heterocycles. The first-order chi connectivity index (χ1) is 9.76. The minimum Gasteiger partial charge on any atom is -0.353 e. The Kier molecular flexibility index (Phi) is 4.93. The van der Waals surface area contributed by atoms with Gasteiger partial charge in [0, 0.05) is 19.5 Å². The largest absolute Gasteiger partial charge is 0.353 e. The minimum atomic E-state index is -0.0310. The van der Waals surface area contributed by atoms with E-state index < -0.39 is 0 Å². The van der Waals surface area contributed by atoms with E-state index in [1.807, 2.05) is 25.1 Å². The number of hydrogen-bond acceptors (Lipinski definition) is 2. The second-order valence-electron chi connectivity index (χ2n) is 4.66. The molecule has 0 aliphatic heterocycles. The van der Waals surface area contributed by atoms with Gasteiger partial charge in [-0.3, -0.25) is 4.79 Å². The van der Waals surface area contributed by atoms with E-state index in [1.165, 1.54) is 5.52 Å². The monoisotopic (exact) mass is 271 g/mol. The van der Waals surface area contributed by atoms with Gasteiger partial charge >= 0.3 is 0 Å². The number of benzene rings is 1. The molecule has 0 radical (unpaired) electrons. The Morgan fingerprint density at radius 2 is 2.20 bits per heavy atom. The summed E-state index contributed by atoms with van der Waals surface area (Å²) >= 11 is 0. The Morgan fingerprint density at radius 3 is 2.95 bits per heavy atom. The molecular formula is C16H21N3O. The molecule has 0 saturated heterocycles. The normalized spacial score (nSPS) is 11.3. The van der Waals surface area contributed by atoms with Crippen LogP contribution in [0.2, 0.25) is 0 Å². The molecule has 1 amide bonds. The third-order valence-electron chi connectivity index (χ3n) is 3.24. The van der Waals surface area contributed by atoms with Gasteiger partial charge in [0.1, 0.15) is 5.82 Å². The van der Waals surface area contributed by atoms with E-state index in [4.69, 9.17) is 0 Å². The number of para-hydroxylation sites is 2. The predicted molar refractivity (Wildman–Crippen MR) is 81.6 cm³/mol. The molecule has 0 spiro atoms. The standard InChI is InChI=1S/C16H21N3O/c1-3-8-16(20)17-12-7-11-15-18-13-9-5-6-10-14(13)19(15)4-2/h3,5-6,8-10H,4,7,11-12H2,1-2H3,(H,17,20)/b8-3-. The van der Waals surface area contributed by atoms with Gasteiger partial charge in [0.15, 0.2) is 0 Å². The number of rotatable bonds is 6. The number of carbonyl (C=O) groups is 1. The van der Waals surface area contributed by atoms with E-state index in [9.17, 15) is 4.79 Å². The van der Waals surface area contributed by atoms with Gasteiger partial charge in [-0.15, -0.1) is 0 Å². The summed E-state index contributed by atoms with van der Waals surface area (Å²) in [7, 11) is 0. The maximum Gasteiger partial charge on any atom is 0.243 e. The third-order valence-corrected chi connectivity index (χ3v) is 3.24. The number of allylic oxidation sites excluding steroid dienone is 1. The van der Waals surface area contributed by atoms with Crippen molar-refractivity contribution in [3.8, 4) is 0 Å². The first kappa shape index (κ1) is 14.3. The number of hydrogen-bond donors (Lipinski definition) is 1. The molecule has 20 heavy (non-hydrogen) atoms. The Morgan fingerprint density at radius 1 is 1.40 bits per heavy atom. The smallest absolute Gasteiger partial charge is 0.243 e. The van der Waals surface area contributed by atoms with Crippen LogP contribution in [0.5, 0.6) is 0 Å². The fourth-order valence-corrected chi connectivity index (χ4v) is 2.34. The van der Waals surface area contributed by atoms with E-state index in [0.717, 1.165) is 30.7 Å². The van der Waals surface area contributed by atoms with Crippen LogP contribution >= 0.6 is 0 Å². The van der Waals surface area contributed by atoms with Gasteiger partial charge in [-0.2, -0.15) is 0 Å². The Labute approximate surface area is 119 Å². The van der Waals surface area contributed by atoms with Crippen LogP contribution in [-0.4, -0.2) is 22.0 Å². The molecule has 0 bridgehead atoms. The Hall–Kier alpha value is -2.10. The molecule has 1 aromatic carbocycles. The summed E-state index contributed by atoms with van der Waals surface area (Å²) in [4.78, 5) is 16.0. The highest BCUT2D eigenvalue weighted by Gasteiger charge is 2.08. The van der Waals surface area contributed by atoms with Gasteiger partial charge in [0.2, 0.25) is 5.91 Å². The summed E-state index contributed by atoms with van der Waals surface area (Å²) in [5, 5.41) is 2.86. The predicted octanol–water partition coefficient (Wildman–Crippen LogP) is 2.68.